The van der Waals surface area contributed by atoms with Gasteiger partial charge in [0.2, 0.25) is 0 Å². The smallest absolute Gasteiger partial charge is 0.338 e. The predicted molar refractivity (Wildman–Crippen MR) is 94.0 cm³/mol. The molecule has 0 atom stereocenters. The SMILES string of the molecule is CC(C)COC(=O)c1ccccc1.CCOC(=O)c1ccccc1. The second-order valence-corrected chi connectivity index (χ2v) is 5.44. The number of carbonyl (C=O) groups is 2. The molecule has 0 radical (unpaired) electrons. The molecule has 24 heavy (non-hydrogen) atoms. The highest BCUT2D eigenvalue weighted by Gasteiger charge is 2.06. The zero-order valence-electron chi connectivity index (χ0n) is 14.4. The fourth-order valence-corrected chi connectivity index (χ4v) is 1.69. The van der Waals surface area contributed by atoms with Crippen LogP contribution in [0.3, 0.4) is 0 Å². The van der Waals surface area contributed by atoms with Crippen molar-refractivity contribution in [3.8, 4) is 0 Å². The van der Waals surface area contributed by atoms with Crippen LogP contribution in [-0.4, -0.2) is 25.2 Å². The summed E-state index contributed by atoms with van der Waals surface area (Å²) < 4.78 is 9.84. The van der Waals surface area contributed by atoms with Crippen molar-refractivity contribution >= 4 is 11.9 Å². The van der Waals surface area contributed by atoms with Crippen molar-refractivity contribution in [2.75, 3.05) is 13.2 Å². The van der Waals surface area contributed by atoms with E-state index in [1.54, 1.807) is 31.2 Å². The van der Waals surface area contributed by atoms with Gasteiger partial charge in [0.15, 0.2) is 0 Å². The molecule has 2 rings (SSSR count). The van der Waals surface area contributed by atoms with Crippen LogP contribution in [0.5, 0.6) is 0 Å². The standard InChI is InChI=1S/C11H14O2.C9H10O2/c1-9(2)8-13-11(12)10-6-4-3-5-7-10;1-2-11-9(10)8-6-4-3-5-7-8/h3-7,9H,8H2,1-2H3;3-7H,2H2,1H3. The van der Waals surface area contributed by atoms with Crippen LogP contribution in [0.2, 0.25) is 0 Å². The van der Waals surface area contributed by atoms with E-state index in [2.05, 4.69) is 0 Å². The van der Waals surface area contributed by atoms with Gasteiger partial charge in [0, 0.05) is 0 Å². The van der Waals surface area contributed by atoms with Crippen LogP contribution < -0.4 is 0 Å². The van der Waals surface area contributed by atoms with Gasteiger partial charge in [-0.05, 0) is 37.1 Å². The van der Waals surface area contributed by atoms with Gasteiger partial charge < -0.3 is 9.47 Å². The molecule has 2 aromatic rings. The number of hydrogen-bond acceptors (Lipinski definition) is 4. The van der Waals surface area contributed by atoms with E-state index in [9.17, 15) is 9.59 Å². The summed E-state index contributed by atoms with van der Waals surface area (Å²) in [6.07, 6.45) is 0. The second-order valence-electron chi connectivity index (χ2n) is 5.44. The third-order valence-corrected chi connectivity index (χ3v) is 2.84. The van der Waals surface area contributed by atoms with E-state index in [1.807, 2.05) is 50.2 Å². The molecule has 0 aliphatic heterocycles. The first-order valence-electron chi connectivity index (χ1n) is 7.99. The molecule has 0 heterocycles. The van der Waals surface area contributed by atoms with Gasteiger partial charge in [-0.25, -0.2) is 9.59 Å². The van der Waals surface area contributed by atoms with Crippen molar-refractivity contribution in [3.63, 3.8) is 0 Å². The lowest BCUT2D eigenvalue weighted by atomic mass is 10.2. The molecule has 0 amide bonds. The Kier molecular flexibility index (Phi) is 8.90. The highest BCUT2D eigenvalue weighted by Crippen LogP contribution is 2.03. The van der Waals surface area contributed by atoms with Crippen LogP contribution in [0.25, 0.3) is 0 Å². The first-order chi connectivity index (χ1) is 11.5. The minimum atomic E-state index is -0.256. The molecule has 0 N–H and O–H groups in total. The number of carbonyl (C=O) groups excluding carboxylic acids is 2. The van der Waals surface area contributed by atoms with E-state index in [1.165, 1.54) is 0 Å². The van der Waals surface area contributed by atoms with E-state index in [-0.39, 0.29) is 11.9 Å². The first-order valence-corrected chi connectivity index (χ1v) is 7.99. The minimum Gasteiger partial charge on any atom is -0.462 e. The van der Waals surface area contributed by atoms with Gasteiger partial charge in [-0.15, -0.1) is 0 Å². The highest BCUT2D eigenvalue weighted by atomic mass is 16.5. The van der Waals surface area contributed by atoms with Crippen LogP contribution in [0, 0.1) is 5.92 Å². The van der Waals surface area contributed by atoms with Gasteiger partial charge in [0.1, 0.15) is 0 Å². The molecular weight excluding hydrogens is 304 g/mol. The van der Waals surface area contributed by atoms with E-state index in [0.717, 1.165) is 0 Å². The Morgan fingerprint density at radius 1 is 0.792 bits per heavy atom. The van der Waals surface area contributed by atoms with Crippen molar-refractivity contribution in [3.05, 3.63) is 71.8 Å². The van der Waals surface area contributed by atoms with Crippen LogP contribution in [0.15, 0.2) is 60.7 Å². The average Bonchev–Trinajstić information content (AvgIpc) is 2.62. The second kappa shape index (κ2) is 11.0. The van der Waals surface area contributed by atoms with E-state index < -0.39 is 0 Å². The molecule has 0 saturated heterocycles. The Bertz CT molecular complexity index is 606. The summed E-state index contributed by atoms with van der Waals surface area (Å²) in [5.41, 5.74) is 1.22. The number of ether oxygens (including phenoxy) is 2. The molecule has 0 spiro atoms. The summed E-state index contributed by atoms with van der Waals surface area (Å²) in [7, 11) is 0. The number of esters is 2. The maximum atomic E-state index is 11.3. The molecule has 0 fully saturated rings. The molecule has 128 valence electrons. The lowest BCUT2D eigenvalue weighted by molar-refractivity contribution is 0.0458. The fraction of sp³-hybridized carbons (Fsp3) is 0.300. The van der Waals surface area contributed by atoms with Gasteiger partial charge in [-0.2, -0.15) is 0 Å². The quantitative estimate of drug-likeness (QED) is 0.765. The van der Waals surface area contributed by atoms with E-state index in [0.29, 0.717) is 30.3 Å². The van der Waals surface area contributed by atoms with Crippen LogP contribution >= 0.6 is 0 Å². The van der Waals surface area contributed by atoms with Gasteiger partial charge in [0.25, 0.3) is 0 Å². The maximum Gasteiger partial charge on any atom is 0.338 e. The molecule has 0 aliphatic carbocycles. The van der Waals surface area contributed by atoms with Crippen LogP contribution in [0.1, 0.15) is 41.5 Å². The highest BCUT2D eigenvalue weighted by molar-refractivity contribution is 5.89. The van der Waals surface area contributed by atoms with Crippen molar-refractivity contribution in [1.29, 1.82) is 0 Å². The van der Waals surface area contributed by atoms with Crippen molar-refractivity contribution in [1.82, 2.24) is 0 Å². The first kappa shape index (κ1) is 19.4. The van der Waals surface area contributed by atoms with Crippen LogP contribution in [0.4, 0.5) is 0 Å². The number of rotatable bonds is 5. The Morgan fingerprint density at radius 3 is 1.58 bits per heavy atom. The molecule has 0 unspecified atom stereocenters. The van der Waals surface area contributed by atoms with Crippen molar-refractivity contribution in [2.24, 2.45) is 5.92 Å². The summed E-state index contributed by atoms with van der Waals surface area (Å²) in [5.74, 6) is -0.116. The maximum absolute atomic E-state index is 11.3. The molecule has 4 heteroatoms. The molecule has 0 aliphatic rings. The Morgan fingerprint density at radius 2 is 1.21 bits per heavy atom. The normalized spacial score (nSPS) is 9.67. The van der Waals surface area contributed by atoms with Gasteiger partial charge in [-0.3, -0.25) is 0 Å². The summed E-state index contributed by atoms with van der Waals surface area (Å²) in [6.45, 7) is 6.72. The predicted octanol–water partition coefficient (Wildman–Crippen LogP) is 4.36. The number of hydrogen-bond donors (Lipinski definition) is 0. The van der Waals surface area contributed by atoms with Gasteiger partial charge in [0.05, 0.1) is 24.3 Å². The lowest BCUT2D eigenvalue weighted by Gasteiger charge is -2.06. The largest absolute Gasteiger partial charge is 0.462 e. The molecule has 0 saturated carbocycles. The minimum absolute atomic E-state index is 0.241. The zero-order valence-corrected chi connectivity index (χ0v) is 14.4. The van der Waals surface area contributed by atoms with E-state index in [4.69, 9.17) is 9.47 Å². The average molecular weight is 328 g/mol. The molecule has 2 aromatic carbocycles. The summed E-state index contributed by atoms with van der Waals surface area (Å²) in [5, 5.41) is 0. The van der Waals surface area contributed by atoms with E-state index >= 15 is 0 Å². The Balaban J connectivity index is 0.000000243. The number of benzene rings is 2. The summed E-state index contributed by atoms with van der Waals surface area (Å²) in [4.78, 5) is 22.3. The summed E-state index contributed by atoms with van der Waals surface area (Å²) >= 11 is 0. The third-order valence-electron chi connectivity index (χ3n) is 2.84. The van der Waals surface area contributed by atoms with Crippen molar-refractivity contribution < 1.29 is 19.1 Å². The molecule has 0 bridgehead atoms. The van der Waals surface area contributed by atoms with Crippen LogP contribution in [-0.2, 0) is 9.47 Å². The zero-order chi connectivity index (χ0) is 17.8. The third kappa shape index (κ3) is 7.58. The molecule has 4 nitrogen and oxygen atoms in total. The van der Waals surface area contributed by atoms with Crippen molar-refractivity contribution in [2.45, 2.75) is 20.8 Å². The Hall–Kier alpha value is -2.62. The summed E-state index contributed by atoms with van der Waals surface area (Å²) in [6, 6.07) is 18.0. The molecule has 0 aromatic heterocycles. The lowest BCUT2D eigenvalue weighted by Crippen LogP contribution is -2.09. The fourth-order valence-electron chi connectivity index (χ4n) is 1.69. The van der Waals surface area contributed by atoms with Gasteiger partial charge in [-0.1, -0.05) is 50.2 Å². The molecular formula is C20H24O4. The topological polar surface area (TPSA) is 52.6 Å². The van der Waals surface area contributed by atoms with Gasteiger partial charge >= 0.3 is 11.9 Å². The Labute approximate surface area is 143 Å². The monoisotopic (exact) mass is 328 g/mol.